The zero-order valence-corrected chi connectivity index (χ0v) is 27.3. The fourth-order valence-electron chi connectivity index (χ4n) is 7.00. The first kappa shape index (κ1) is 32.3. The van der Waals surface area contributed by atoms with Gasteiger partial charge in [-0.1, -0.05) is 96.8 Å². The van der Waals surface area contributed by atoms with Crippen molar-refractivity contribution in [3.05, 3.63) is 65.7 Å². The molecule has 2 aromatic rings. The topological polar surface area (TPSA) is 56.8 Å². The number of rotatable bonds is 12. The lowest BCUT2D eigenvalue weighted by molar-refractivity contribution is -0.00694. The van der Waals surface area contributed by atoms with Gasteiger partial charge in [-0.15, -0.1) is 0 Å². The summed E-state index contributed by atoms with van der Waals surface area (Å²) in [5, 5.41) is 3.67. The Labute approximate surface area is 249 Å². The molecular formula is C35H54NO4P. The summed E-state index contributed by atoms with van der Waals surface area (Å²) >= 11 is 0. The quantitative estimate of drug-likeness (QED) is 0.252. The highest BCUT2D eigenvalue weighted by atomic mass is 31.2. The molecule has 228 valence electrons. The van der Waals surface area contributed by atoms with Crippen LogP contribution in [0.5, 0.6) is 5.75 Å². The lowest BCUT2D eigenvalue weighted by Gasteiger charge is -2.43. The highest BCUT2D eigenvalue weighted by Gasteiger charge is 2.46. The second-order valence-corrected chi connectivity index (χ2v) is 15.5. The SMILES string of the molecule is COc1ccc([C@@H](NCc2ccccc2)P(=O)(O[C@@H]2C[C@H](C)CC[C@@H]2C(C)C)O[C@@H]2C[C@H](C)CC[C@H]2C(C)C)cc1. The molecular weight excluding hydrogens is 529 g/mol. The summed E-state index contributed by atoms with van der Waals surface area (Å²) in [6.45, 7) is 14.3. The third-order valence-corrected chi connectivity index (χ3v) is 11.8. The maximum absolute atomic E-state index is 15.6. The molecule has 4 rings (SSSR count). The van der Waals surface area contributed by atoms with E-state index in [4.69, 9.17) is 13.8 Å². The van der Waals surface area contributed by atoms with Crippen LogP contribution < -0.4 is 10.1 Å². The fourth-order valence-corrected chi connectivity index (χ4v) is 9.39. The summed E-state index contributed by atoms with van der Waals surface area (Å²) in [7, 11) is -2.04. The van der Waals surface area contributed by atoms with Gasteiger partial charge in [-0.3, -0.25) is 9.88 Å². The number of hydrogen-bond donors (Lipinski definition) is 1. The van der Waals surface area contributed by atoms with Gasteiger partial charge in [0.25, 0.3) is 0 Å². The van der Waals surface area contributed by atoms with Crippen molar-refractivity contribution in [2.24, 2.45) is 35.5 Å². The first-order valence-electron chi connectivity index (χ1n) is 16.0. The molecule has 0 aromatic heterocycles. The number of nitrogens with one attached hydrogen (secondary N) is 1. The Morgan fingerprint density at radius 3 is 1.76 bits per heavy atom. The van der Waals surface area contributed by atoms with Gasteiger partial charge >= 0.3 is 7.60 Å². The smallest absolute Gasteiger partial charge is 0.352 e. The van der Waals surface area contributed by atoms with Crippen molar-refractivity contribution >= 4 is 7.60 Å². The van der Waals surface area contributed by atoms with Crippen molar-refractivity contribution in [3.8, 4) is 5.75 Å². The second-order valence-electron chi connectivity index (χ2n) is 13.5. The summed E-state index contributed by atoms with van der Waals surface area (Å²) in [6.07, 6.45) is 6.23. The molecule has 0 bridgehead atoms. The van der Waals surface area contributed by atoms with Crippen LogP contribution >= 0.6 is 7.60 Å². The van der Waals surface area contributed by atoms with Crippen LogP contribution in [0.3, 0.4) is 0 Å². The average molecular weight is 584 g/mol. The molecule has 2 saturated carbocycles. The molecule has 2 aromatic carbocycles. The van der Waals surface area contributed by atoms with E-state index < -0.39 is 13.4 Å². The number of methoxy groups -OCH3 is 1. The van der Waals surface area contributed by atoms with E-state index in [9.17, 15) is 0 Å². The Morgan fingerprint density at radius 2 is 1.29 bits per heavy atom. The summed E-state index contributed by atoms with van der Waals surface area (Å²) in [5.41, 5.74) is 2.04. The largest absolute Gasteiger partial charge is 0.497 e. The Kier molecular flexibility index (Phi) is 11.6. The van der Waals surface area contributed by atoms with Crippen LogP contribution in [0.25, 0.3) is 0 Å². The van der Waals surface area contributed by atoms with E-state index in [-0.39, 0.29) is 12.2 Å². The molecule has 0 heterocycles. The number of ether oxygens (including phenoxy) is 1. The Hall–Kier alpha value is -1.65. The van der Waals surface area contributed by atoms with Crippen LogP contribution in [-0.4, -0.2) is 19.3 Å². The molecule has 0 spiro atoms. The van der Waals surface area contributed by atoms with Crippen LogP contribution in [0.1, 0.15) is 97.0 Å². The normalized spacial score (nSPS) is 29.3. The molecule has 8 atom stereocenters. The van der Waals surface area contributed by atoms with Crippen LogP contribution in [0, 0.1) is 35.5 Å². The first-order chi connectivity index (χ1) is 19.6. The van der Waals surface area contributed by atoms with Gasteiger partial charge in [0.05, 0.1) is 19.3 Å². The molecule has 0 saturated heterocycles. The van der Waals surface area contributed by atoms with Crippen molar-refractivity contribution in [2.75, 3.05) is 7.11 Å². The predicted octanol–water partition coefficient (Wildman–Crippen LogP) is 9.63. The molecule has 2 aliphatic rings. The minimum atomic E-state index is -3.71. The zero-order valence-electron chi connectivity index (χ0n) is 26.4. The third-order valence-electron chi connectivity index (χ3n) is 9.58. The fraction of sp³-hybridized carbons (Fsp3) is 0.657. The standard InChI is InChI=1S/C35H54NO4P/c1-24(2)31-19-13-26(5)21-33(31)39-41(37,40-34-22-27(6)14-20-32(34)25(3)4)35(29-15-17-30(38-7)18-16-29)36-23-28-11-9-8-10-12-28/h8-12,15-18,24-27,31-36H,13-14,19-23H2,1-7H3/t26-,27-,31-,32+,33-,34-,35+,41?/m1/s1. The van der Waals surface area contributed by atoms with Gasteiger partial charge < -0.3 is 13.8 Å². The van der Waals surface area contributed by atoms with Gasteiger partial charge in [0.15, 0.2) is 0 Å². The van der Waals surface area contributed by atoms with Crippen molar-refractivity contribution in [3.63, 3.8) is 0 Å². The van der Waals surface area contributed by atoms with Crippen LogP contribution in [0.4, 0.5) is 0 Å². The van der Waals surface area contributed by atoms with E-state index in [0.717, 1.165) is 42.6 Å². The maximum atomic E-state index is 15.6. The van der Waals surface area contributed by atoms with Crippen molar-refractivity contribution < 1.29 is 18.3 Å². The lowest BCUT2D eigenvalue weighted by atomic mass is 9.75. The third kappa shape index (κ3) is 8.47. The highest BCUT2D eigenvalue weighted by Crippen LogP contribution is 2.64. The summed E-state index contributed by atoms with van der Waals surface area (Å²) in [5.74, 6) is 2.89. The summed E-state index contributed by atoms with van der Waals surface area (Å²) < 4.78 is 35.1. The molecule has 1 N–H and O–H groups in total. The van der Waals surface area contributed by atoms with Gasteiger partial charge in [0.2, 0.25) is 0 Å². The number of benzene rings is 2. The average Bonchev–Trinajstić information content (AvgIpc) is 2.93. The van der Waals surface area contributed by atoms with Gasteiger partial charge in [0.1, 0.15) is 11.5 Å². The maximum Gasteiger partial charge on any atom is 0.352 e. The minimum Gasteiger partial charge on any atom is -0.497 e. The van der Waals surface area contributed by atoms with Crippen LogP contribution in [0.2, 0.25) is 0 Å². The van der Waals surface area contributed by atoms with Crippen molar-refractivity contribution in [1.29, 1.82) is 0 Å². The number of hydrogen-bond acceptors (Lipinski definition) is 5. The molecule has 0 radical (unpaired) electrons. The van der Waals surface area contributed by atoms with Gasteiger partial charge in [-0.05, 0) is 84.5 Å². The molecule has 41 heavy (non-hydrogen) atoms. The molecule has 0 amide bonds. The molecule has 0 aliphatic heterocycles. The van der Waals surface area contributed by atoms with Crippen molar-refractivity contribution in [1.82, 2.24) is 5.32 Å². The van der Waals surface area contributed by atoms with Gasteiger partial charge in [0, 0.05) is 6.54 Å². The van der Waals surface area contributed by atoms with E-state index in [1.54, 1.807) is 7.11 Å². The van der Waals surface area contributed by atoms with E-state index in [2.05, 4.69) is 59.0 Å². The van der Waals surface area contributed by atoms with Crippen molar-refractivity contribution in [2.45, 2.75) is 105 Å². The summed E-state index contributed by atoms with van der Waals surface area (Å²) in [6, 6.07) is 18.2. The van der Waals surface area contributed by atoms with E-state index in [1.165, 1.54) is 12.8 Å². The van der Waals surface area contributed by atoms with Crippen LogP contribution in [-0.2, 0) is 20.2 Å². The molecule has 2 aliphatic carbocycles. The highest BCUT2D eigenvalue weighted by molar-refractivity contribution is 7.54. The van der Waals surface area contributed by atoms with E-state index >= 15 is 4.57 Å². The second kappa shape index (κ2) is 14.7. The Bertz CT molecular complexity index is 1070. The molecule has 6 heteroatoms. The molecule has 5 nitrogen and oxygen atoms in total. The van der Waals surface area contributed by atoms with E-state index in [0.29, 0.717) is 42.1 Å². The predicted molar refractivity (Wildman–Crippen MR) is 169 cm³/mol. The van der Waals surface area contributed by atoms with E-state index in [1.807, 2.05) is 42.5 Å². The lowest BCUT2D eigenvalue weighted by Crippen LogP contribution is -2.38. The zero-order chi connectivity index (χ0) is 29.6. The van der Waals surface area contributed by atoms with Gasteiger partial charge in [-0.25, -0.2) is 0 Å². The summed E-state index contributed by atoms with van der Waals surface area (Å²) in [4.78, 5) is 0. The molecule has 2 fully saturated rings. The van der Waals surface area contributed by atoms with Gasteiger partial charge in [-0.2, -0.15) is 0 Å². The Balaban J connectivity index is 1.76. The molecule has 1 unspecified atom stereocenters. The Morgan fingerprint density at radius 1 is 0.780 bits per heavy atom. The monoisotopic (exact) mass is 583 g/mol. The minimum absolute atomic E-state index is 0.0950. The first-order valence-corrected chi connectivity index (χ1v) is 17.6. The van der Waals surface area contributed by atoms with Crippen LogP contribution in [0.15, 0.2) is 54.6 Å².